The van der Waals surface area contributed by atoms with Crippen molar-refractivity contribution in [1.82, 2.24) is 9.97 Å². The van der Waals surface area contributed by atoms with Crippen molar-refractivity contribution in [3.63, 3.8) is 0 Å². The number of anilines is 2. The fraction of sp³-hybridized carbons (Fsp3) is 0.417. The van der Waals surface area contributed by atoms with Gasteiger partial charge in [-0.3, -0.25) is 4.79 Å². The third-order valence-corrected chi connectivity index (χ3v) is 7.24. The SMILES string of the molecule is O=C(Nc1cc(-c2ccc(NSCC3CCCCC3)c(F)c2)c2cc[nH]c2n1)C1CC1. The van der Waals surface area contributed by atoms with Gasteiger partial charge in [0.15, 0.2) is 0 Å². The summed E-state index contributed by atoms with van der Waals surface area (Å²) in [6.07, 6.45) is 10.2. The highest BCUT2D eigenvalue weighted by Crippen LogP contribution is 2.34. The van der Waals surface area contributed by atoms with Crippen molar-refractivity contribution in [2.75, 3.05) is 15.8 Å². The lowest BCUT2D eigenvalue weighted by Gasteiger charge is -2.21. The molecule has 0 atom stereocenters. The number of nitrogens with zero attached hydrogens (tertiary/aromatic N) is 1. The van der Waals surface area contributed by atoms with Crippen LogP contribution < -0.4 is 10.0 Å². The lowest BCUT2D eigenvalue weighted by atomic mass is 9.91. The zero-order chi connectivity index (χ0) is 21.2. The number of fused-ring (bicyclic) bond motifs is 1. The van der Waals surface area contributed by atoms with Crippen LogP contribution in [0.15, 0.2) is 36.5 Å². The third kappa shape index (κ3) is 4.71. The Hall–Kier alpha value is -2.54. The van der Waals surface area contributed by atoms with E-state index in [-0.39, 0.29) is 17.6 Å². The number of hydrogen-bond acceptors (Lipinski definition) is 4. The Morgan fingerprint density at radius 2 is 1.97 bits per heavy atom. The zero-order valence-electron chi connectivity index (χ0n) is 17.4. The van der Waals surface area contributed by atoms with E-state index in [2.05, 4.69) is 20.0 Å². The Morgan fingerprint density at radius 3 is 2.74 bits per heavy atom. The van der Waals surface area contributed by atoms with Gasteiger partial charge in [0.25, 0.3) is 0 Å². The predicted molar refractivity (Wildman–Crippen MR) is 125 cm³/mol. The van der Waals surface area contributed by atoms with Crippen molar-refractivity contribution >= 4 is 40.4 Å². The minimum Gasteiger partial charge on any atom is -0.346 e. The zero-order valence-corrected chi connectivity index (χ0v) is 18.2. The summed E-state index contributed by atoms with van der Waals surface area (Å²) in [5, 5.41) is 3.80. The Labute approximate surface area is 185 Å². The molecule has 2 saturated carbocycles. The molecule has 0 radical (unpaired) electrons. The summed E-state index contributed by atoms with van der Waals surface area (Å²) < 4.78 is 18.1. The van der Waals surface area contributed by atoms with Gasteiger partial charge >= 0.3 is 0 Å². The number of hydrogen-bond donors (Lipinski definition) is 3. The van der Waals surface area contributed by atoms with Crippen LogP contribution in [0.4, 0.5) is 15.9 Å². The van der Waals surface area contributed by atoms with E-state index < -0.39 is 0 Å². The molecule has 2 aliphatic carbocycles. The minimum absolute atomic E-state index is 0.00470. The normalized spacial score (nSPS) is 17.1. The van der Waals surface area contributed by atoms with Crippen LogP contribution in [-0.4, -0.2) is 21.6 Å². The quantitative estimate of drug-likeness (QED) is 0.376. The van der Waals surface area contributed by atoms with E-state index in [1.54, 1.807) is 24.1 Å². The van der Waals surface area contributed by atoms with Gasteiger partial charge in [0.1, 0.15) is 17.3 Å². The van der Waals surface area contributed by atoms with Crippen molar-refractivity contribution in [1.29, 1.82) is 0 Å². The molecule has 1 amide bonds. The molecule has 3 aromatic rings. The number of aromatic amines is 1. The summed E-state index contributed by atoms with van der Waals surface area (Å²) in [4.78, 5) is 19.8. The first kappa shape index (κ1) is 20.4. The maximum Gasteiger partial charge on any atom is 0.228 e. The van der Waals surface area contributed by atoms with Crippen LogP contribution in [0.2, 0.25) is 0 Å². The number of halogens is 1. The minimum atomic E-state index is -0.280. The summed E-state index contributed by atoms with van der Waals surface area (Å²) in [6, 6.07) is 9.02. The number of pyridine rings is 1. The molecule has 3 N–H and O–H groups in total. The monoisotopic (exact) mass is 438 g/mol. The van der Waals surface area contributed by atoms with E-state index >= 15 is 0 Å². The number of aromatic nitrogens is 2. The van der Waals surface area contributed by atoms with Crippen LogP contribution in [0.1, 0.15) is 44.9 Å². The molecule has 1 aromatic carbocycles. The van der Waals surface area contributed by atoms with Crippen molar-refractivity contribution in [3.8, 4) is 11.1 Å². The number of carbonyl (C=O) groups is 1. The molecule has 2 fully saturated rings. The Balaban J connectivity index is 1.33. The largest absolute Gasteiger partial charge is 0.346 e. The first-order valence-electron chi connectivity index (χ1n) is 11.1. The van der Waals surface area contributed by atoms with E-state index in [0.29, 0.717) is 17.2 Å². The van der Waals surface area contributed by atoms with Crippen molar-refractivity contribution in [3.05, 3.63) is 42.3 Å². The topological polar surface area (TPSA) is 69.8 Å². The second-order valence-electron chi connectivity index (χ2n) is 8.67. The summed E-state index contributed by atoms with van der Waals surface area (Å²) in [5.74, 6) is 2.06. The summed E-state index contributed by atoms with van der Waals surface area (Å²) in [6.45, 7) is 0. The number of carbonyl (C=O) groups excluding carboxylic acids is 1. The van der Waals surface area contributed by atoms with Gasteiger partial charge in [-0.05, 0) is 67.0 Å². The number of benzene rings is 1. The van der Waals surface area contributed by atoms with Gasteiger partial charge in [0, 0.05) is 23.3 Å². The van der Waals surface area contributed by atoms with Crippen LogP contribution in [0, 0.1) is 17.7 Å². The number of amides is 1. The van der Waals surface area contributed by atoms with Crippen molar-refractivity contribution in [2.45, 2.75) is 44.9 Å². The van der Waals surface area contributed by atoms with E-state index in [4.69, 9.17) is 0 Å². The second-order valence-corrected chi connectivity index (χ2v) is 9.50. The molecule has 162 valence electrons. The van der Waals surface area contributed by atoms with Gasteiger partial charge in [-0.15, -0.1) is 0 Å². The summed E-state index contributed by atoms with van der Waals surface area (Å²) in [7, 11) is 0. The molecule has 0 aliphatic heterocycles. The van der Waals surface area contributed by atoms with Gasteiger partial charge in [-0.1, -0.05) is 37.3 Å². The van der Waals surface area contributed by atoms with Crippen LogP contribution in [0.5, 0.6) is 0 Å². The first-order valence-corrected chi connectivity index (χ1v) is 12.1. The van der Waals surface area contributed by atoms with Crippen LogP contribution >= 0.6 is 11.9 Å². The first-order chi connectivity index (χ1) is 15.2. The molecule has 0 unspecified atom stereocenters. The lowest BCUT2D eigenvalue weighted by Crippen LogP contribution is -2.14. The van der Waals surface area contributed by atoms with Crippen LogP contribution in [0.3, 0.4) is 0 Å². The van der Waals surface area contributed by atoms with Crippen LogP contribution in [0.25, 0.3) is 22.2 Å². The second kappa shape index (κ2) is 8.91. The fourth-order valence-electron chi connectivity index (χ4n) is 4.27. The van der Waals surface area contributed by atoms with E-state index in [9.17, 15) is 9.18 Å². The molecule has 0 saturated heterocycles. The molecular weight excluding hydrogens is 411 g/mol. The molecule has 2 aliphatic rings. The number of H-pyrrole nitrogens is 1. The highest BCUT2D eigenvalue weighted by atomic mass is 32.2. The average molecular weight is 439 g/mol. The van der Waals surface area contributed by atoms with Gasteiger partial charge < -0.3 is 15.0 Å². The summed E-state index contributed by atoms with van der Waals surface area (Å²) >= 11 is 1.60. The highest BCUT2D eigenvalue weighted by Gasteiger charge is 2.30. The standard InChI is InChI=1S/C24H27FN4OS/c25-20-12-17(8-9-21(20)29-31-14-15-4-2-1-3-5-15)19-13-22(28-24(30)16-6-7-16)27-23-18(19)10-11-26-23/h8-13,15-16,29H,1-7,14H2,(H2,26,27,28,30). The fourth-order valence-corrected chi connectivity index (χ4v) is 5.24. The lowest BCUT2D eigenvalue weighted by molar-refractivity contribution is -0.117. The molecule has 2 heterocycles. The maximum absolute atomic E-state index is 14.9. The molecule has 0 bridgehead atoms. The van der Waals surface area contributed by atoms with Crippen molar-refractivity contribution < 1.29 is 9.18 Å². The third-order valence-electron chi connectivity index (χ3n) is 6.23. The molecule has 2 aromatic heterocycles. The molecule has 0 spiro atoms. The predicted octanol–water partition coefficient (Wildman–Crippen LogP) is 6.36. The van der Waals surface area contributed by atoms with Gasteiger partial charge in [0.2, 0.25) is 5.91 Å². The molecule has 31 heavy (non-hydrogen) atoms. The summed E-state index contributed by atoms with van der Waals surface area (Å²) in [5.41, 5.74) is 2.78. The molecule has 7 heteroatoms. The van der Waals surface area contributed by atoms with Gasteiger partial charge in [0.05, 0.1) is 5.69 Å². The molecule has 5 rings (SSSR count). The average Bonchev–Trinajstić information content (AvgIpc) is 3.53. The maximum atomic E-state index is 14.9. The Morgan fingerprint density at radius 1 is 1.13 bits per heavy atom. The number of rotatable bonds is 7. The highest BCUT2D eigenvalue weighted by molar-refractivity contribution is 8.00. The van der Waals surface area contributed by atoms with E-state index in [0.717, 1.165) is 41.0 Å². The molecular formula is C24H27FN4OS. The Bertz CT molecular complexity index is 1090. The molecule has 5 nitrogen and oxygen atoms in total. The van der Waals surface area contributed by atoms with Crippen molar-refractivity contribution in [2.24, 2.45) is 11.8 Å². The van der Waals surface area contributed by atoms with E-state index in [1.165, 1.54) is 32.1 Å². The van der Waals surface area contributed by atoms with Crippen LogP contribution in [-0.2, 0) is 4.79 Å². The number of nitrogens with one attached hydrogen (secondary N) is 3. The smallest absolute Gasteiger partial charge is 0.228 e. The Kier molecular flexibility index (Phi) is 5.85. The van der Waals surface area contributed by atoms with E-state index in [1.807, 2.05) is 24.4 Å². The van der Waals surface area contributed by atoms with Gasteiger partial charge in [-0.25, -0.2) is 9.37 Å². The van der Waals surface area contributed by atoms with Gasteiger partial charge in [-0.2, -0.15) is 0 Å².